The smallest absolute Gasteiger partial charge is 0.273 e. The van der Waals surface area contributed by atoms with Crippen molar-refractivity contribution in [3.8, 4) is 0 Å². The van der Waals surface area contributed by atoms with Gasteiger partial charge in [-0.2, -0.15) is 0 Å². The SMILES string of the molecule is CC(C)(CCO)NCc1ccccc1[N+](=O)[O-]. The summed E-state index contributed by atoms with van der Waals surface area (Å²) in [5.74, 6) is 0. The van der Waals surface area contributed by atoms with E-state index in [-0.39, 0.29) is 22.8 Å². The lowest BCUT2D eigenvalue weighted by atomic mass is 10.0. The summed E-state index contributed by atoms with van der Waals surface area (Å²) in [6, 6.07) is 6.67. The molecule has 1 rings (SSSR count). The largest absolute Gasteiger partial charge is 0.396 e. The highest BCUT2D eigenvalue weighted by atomic mass is 16.6. The molecule has 0 unspecified atom stereocenters. The summed E-state index contributed by atoms with van der Waals surface area (Å²) in [6.07, 6.45) is 0.605. The molecular formula is C12H18N2O3. The summed E-state index contributed by atoms with van der Waals surface area (Å²) in [5, 5.41) is 22.9. The summed E-state index contributed by atoms with van der Waals surface area (Å²) >= 11 is 0. The number of hydrogen-bond donors (Lipinski definition) is 2. The Hall–Kier alpha value is -1.46. The molecule has 5 heteroatoms. The van der Waals surface area contributed by atoms with Gasteiger partial charge in [0, 0.05) is 30.3 Å². The van der Waals surface area contributed by atoms with Crippen LogP contribution in [-0.4, -0.2) is 22.2 Å². The molecule has 0 aliphatic rings. The molecule has 5 nitrogen and oxygen atoms in total. The topological polar surface area (TPSA) is 75.4 Å². The molecule has 2 N–H and O–H groups in total. The molecule has 0 saturated carbocycles. The van der Waals surface area contributed by atoms with Gasteiger partial charge < -0.3 is 10.4 Å². The first-order valence-corrected chi connectivity index (χ1v) is 5.54. The van der Waals surface area contributed by atoms with Gasteiger partial charge in [-0.1, -0.05) is 18.2 Å². The first-order valence-electron chi connectivity index (χ1n) is 5.54. The Morgan fingerprint density at radius 2 is 2.06 bits per heavy atom. The summed E-state index contributed by atoms with van der Waals surface area (Å²) < 4.78 is 0. The molecule has 0 radical (unpaired) electrons. The Bertz CT molecular complexity index is 391. The Labute approximate surface area is 101 Å². The molecule has 0 aromatic heterocycles. The Balaban J connectivity index is 2.72. The van der Waals surface area contributed by atoms with Crippen LogP contribution in [0.15, 0.2) is 24.3 Å². The van der Waals surface area contributed by atoms with Gasteiger partial charge in [-0.15, -0.1) is 0 Å². The van der Waals surface area contributed by atoms with Crippen LogP contribution in [0.2, 0.25) is 0 Å². The van der Waals surface area contributed by atoms with Crippen LogP contribution in [0.3, 0.4) is 0 Å². The summed E-state index contributed by atoms with van der Waals surface area (Å²) in [6.45, 7) is 4.43. The lowest BCUT2D eigenvalue weighted by Gasteiger charge is -2.25. The third-order valence-corrected chi connectivity index (χ3v) is 2.68. The van der Waals surface area contributed by atoms with Gasteiger partial charge in [-0.25, -0.2) is 0 Å². The van der Waals surface area contributed by atoms with Crippen LogP contribution in [0, 0.1) is 10.1 Å². The average Bonchev–Trinajstić information content (AvgIpc) is 2.27. The fraction of sp³-hybridized carbons (Fsp3) is 0.500. The number of nitro groups is 1. The third-order valence-electron chi connectivity index (χ3n) is 2.68. The monoisotopic (exact) mass is 238 g/mol. The minimum absolute atomic E-state index is 0.0941. The van der Waals surface area contributed by atoms with Crippen molar-refractivity contribution < 1.29 is 10.0 Å². The lowest BCUT2D eigenvalue weighted by Crippen LogP contribution is -2.39. The number of nitrogens with zero attached hydrogens (tertiary/aromatic N) is 1. The number of aliphatic hydroxyl groups is 1. The molecule has 0 bridgehead atoms. The maximum atomic E-state index is 10.8. The van der Waals surface area contributed by atoms with E-state index < -0.39 is 0 Å². The Kier molecular flexibility index (Phi) is 4.60. The van der Waals surface area contributed by atoms with E-state index in [4.69, 9.17) is 5.11 Å². The molecule has 0 spiro atoms. The molecule has 1 aromatic carbocycles. The molecule has 0 saturated heterocycles. The first kappa shape index (κ1) is 13.6. The van der Waals surface area contributed by atoms with Gasteiger partial charge in [0.25, 0.3) is 5.69 Å². The molecule has 1 aromatic rings. The van der Waals surface area contributed by atoms with Crippen LogP contribution >= 0.6 is 0 Å². The van der Waals surface area contributed by atoms with Gasteiger partial charge in [0.2, 0.25) is 0 Å². The standard InChI is InChI=1S/C12H18N2O3/c1-12(2,7-8-15)13-9-10-5-3-4-6-11(10)14(16)17/h3-6,13,15H,7-9H2,1-2H3. The van der Waals surface area contributed by atoms with Crippen molar-refractivity contribution in [3.05, 3.63) is 39.9 Å². The van der Waals surface area contributed by atoms with Gasteiger partial charge in [0.1, 0.15) is 0 Å². The molecule has 0 atom stereocenters. The molecular weight excluding hydrogens is 220 g/mol. The van der Waals surface area contributed by atoms with Crippen molar-refractivity contribution in [2.45, 2.75) is 32.4 Å². The van der Waals surface area contributed by atoms with Crippen molar-refractivity contribution in [1.29, 1.82) is 0 Å². The molecule has 0 amide bonds. The Morgan fingerprint density at radius 1 is 1.41 bits per heavy atom. The van der Waals surface area contributed by atoms with Gasteiger partial charge in [-0.3, -0.25) is 10.1 Å². The third kappa shape index (κ3) is 4.13. The number of rotatable bonds is 6. The van der Waals surface area contributed by atoms with Gasteiger partial charge in [0.05, 0.1) is 4.92 Å². The predicted octanol–water partition coefficient (Wildman–Crippen LogP) is 1.85. The molecule has 0 fully saturated rings. The van der Waals surface area contributed by atoms with E-state index in [0.29, 0.717) is 18.5 Å². The second-order valence-corrected chi connectivity index (χ2v) is 4.60. The van der Waals surface area contributed by atoms with Crippen LogP contribution in [0.4, 0.5) is 5.69 Å². The normalized spacial score (nSPS) is 11.5. The highest BCUT2D eigenvalue weighted by molar-refractivity contribution is 5.39. The van der Waals surface area contributed by atoms with Crippen molar-refractivity contribution in [2.75, 3.05) is 6.61 Å². The van der Waals surface area contributed by atoms with Crippen LogP contribution in [-0.2, 0) is 6.54 Å². The second-order valence-electron chi connectivity index (χ2n) is 4.60. The maximum Gasteiger partial charge on any atom is 0.273 e. The van der Waals surface area contributed by atoms with E-state index in [1.165, 1.54) is 6.07 Å². The number of benzene rings is 1. The molecule has 0 aliphatic carbocycles. The van der Waals surface area contributed by atoms with Gasteiger partial charge >= 0.3 is 0 Å². The van der Waals surface area contributed by atoms with Crippen molar-refractivity contribution in [3.63, 3.8) is 0 Å². The van der Waals surface area contributed by atoms with Crippen molar-refractivity contribution >= 4 is 5.69 Å². The van der Waals surface area contributed by atoms with Crippen LogP contribution in [0.5, 0.6) is 0 Å². The summed E-state index contributed by atoms with van der Waals surface area (Å²) in [7, 11) is 0. The predicted molar refractivity (Wildman–Crippen MR) is 65.7 cm³/mol. The van der Waals surface area contributed by atoms with Crippen LogP contribution in [0.25, 0.3) is 0 Å². The van der Waals surface area contributed by atoms with Crippen LogP contribution < -0.4 is 5.32 Å². The molecule has 94 valence electrons. The number of aliphatic hydroxyl groups excluding tert-OH is 1. The van der Waals surface area contributed by atoms with E-state index in [1.54, 1.807) is 18.2 Å². The zero-order valence-electron chi connectivity index (χ0n) is 10.1. The Morgan fingerprint density at radius 3 is 2.65 bits per heavy atom. The number of nitro benzene ring substituents is 1. The van der Waals surface area contributed by atoms with E-state index in [9.17, 15) is 10.1 Å². The summed E-state index contributed by atoms with van der Waals surface area (Å²) in [4.78, 5) is 10.4. The van der Waals surface area contributed by atoms with E-state index >= 15 is 0 Å². The van der Waals surface area contributed by atoms with E-state index in [1.807, 2.05) is 13.8 Å². The highest BCUT2D eigenvalue weighted by Gasteiger charge is 2.18. The van der Waals surface area contributed by atoms with Gasteiger partial charge in [0.15, 0.2) is 0 Å². The second kappa shape index (κ2) is 5.75. The van der Waals surface area contributed by atoms with E-state index in [2.05, 4.69) is 5.32 Å². The molecule has 0 heterocycles. The average molecular weight is 238 g/mol. The van der Waals surface area contributed by atoms with E-state index in [0.717, 1.165) is 0 Å². The van der Waals surface area contributed by atoms with Gasteiger partial charge in [-0.05, 0) is 20.3 Å². The number of nitrogens with one attached hydrogen (secondary N) is 1. The molecule has 0 aliphatic heterocycles. The quantitative estimate of drug-likeness (QED) is 0.585. The van der Waals surface area contributed by atoms with Crippen LogP contribution in [0.1, 0.15) is 25.8 Å². The zero-order chi connectivity index (χ0) is 12.9. The highest BCUT2D eigenvalue weighted by Crippen LogP contribution is 2.18. The number of para-hydroxylation sites is 1. The first-order chi connectivity index (χ1) is 7.96. The maximum absolute atomic E-state index is 10.8. The minimum atomic E-state index is -0.379. The minimum Gasteiger partial charge on any atom is -0.396 e. The fourth-order valence-corrected chi connectivity index (χ4v) is 1.54. The number of hydrogen-bond acceptors (Lipinski definition) is 4. The van der Waals surface area contributed by atoms with Crippen molar-refractivity contribution in [1.82, 2.24) is 5.32 Å². The fourth-order valence-electron chi connectivity index (χ4n) is 1.54. The lowest BCUT2D eigenvalue weighted by molar-refractivity contribution is -0.385. The summed E-state index contributed by atoms with van der Waals surface area (Å²) in [5.41, 5.74) is 0.543. The molecule has 17 heavy (non-hydrogen) atoms. The van der Waals surface area contributed by atoms with Crippen molar-refractivity contribution in [2.24, 2.45) is 0 Å². The zero-order valence-corrected chi connectivity index (χ0v) is 10.1.